The Kier molecular flexibility index (Phi) is 3.99. The van der Waals surface area contributed by atoms with Gasteiger partial charge in [-0.1, -0.05) is 11.3 Å². The first-order valence-corrected chi connectivity index (χ1v) is 10.2. The fourth-order valence-corrected chi connectivity index (χ4v) is 10.3. The van der Waals surface area contributed by atoms with Crippen LogP contribution in [0.15, 0.2) is 18.2 Å². The van der Waals surface area contributed by atoms with Gasteiger partial charge in [0.05, 0.1) is 20.3 Å². The number of aliphatic hydroxyl groups excluding tert-OH is 1. The fourth-order valence-electron chi connectivity index (χ4n) is 4.24. The Balaban J connectivity index is 2.01. The molecule has 1 N–H and O–H groups in total. The molecule has 1 aromatic carbocycles. The lowest BCUT2D eigenvalue weighted by Gasteiger charge is -2.41. The van der Waals surface area contributed by atoms with Gasteiger partial charge in [0.25, 0.3) is 0 Å². The summed E-state index contributed by atoms with van der Waals surface area (Å²) in [5.41, 5.74) is 0.555. The predicted octanol–water partition coefficient (Wildman–Crippen LogP) is 1.37. The average Bonchev–Trinajstić information content (AvgIpc) is 2.85. The summed E-state index contributed by atoms with van der Waals surface area (Å²) in [5, 5.41) is 11.5. The van der Waals surface area contributed by atoms with E-state index in [1.807, 2.05) is 6.07 Å². The van der Waals surface area contributed by atoms with Crippen molar-refractivity contribution in [2.75, 3.05) is 27.8 Å². The van der Waals surface area contributed by atoms with Crippen molar-refractivity contribution in [3.63, 3.8) is 0 Å². The Morgan fingerprint density at radius 3 is 2.67 bits per heavy atom. The van der Waals surface area contributed by atoms with Gasteiger partial charge in [-0.15, -0.1) is 0 Å². The van der Waals surface area contributed by atoms with E-state index in [4.69, 9.17) is 9.47 Å². The molecule has 2 heterocycles. The summed E-state index contributed by atoms with van der Waals surface area (Å²) in [6, 6.07) is 8.93. The maximum Gasteiger partial charge on any atom is 0.160 e. The van der Waals surface area contributed by atoms with Crippen LogP contribution < -0.4 is 14.7 Å². The van der Waals surface area contributed by atoms with Gasteiger partial charge in [-0.05, 0) is 50.7 Å². The molecule has 2 saturated heterocycles. The molecular weight excluding hydrogens is 282 g/mol. The highest BCUT2D eigenvalue weighted by Crippen LogP contribution is 2.39. The van der Waals surface area contributed by atoms with Crippen LogP contribution in [0.1, 0.15) is 12.8 Å². The van der Waals surface area contributed by atoms with E-state index in [1.165, 1.54) is 17.3 Å². The lowest BCUT2D eigenvalue weighted by Crippen LogP contribution is -2.60. The van der Waals surface area contributed by atoms with E-state index in [-0.39, 0.29) is 6.10 Å². The summed E-state index contributed by atoms with van der Waals surface area (Å²) in [7, 11) is 4.00. The first-order chi connectivity index (χ1) is 10.1. The minimum atomic E-state index is -1.58. The molecule has 0 spiro atoms. The molecule has 2 aliphatic rings. The molecule has 1 unspecified atom stereocenters. The Labute approximate surface area is 127 Å². The number of ether oxygens (including phenoxy) is 2. The normalized spacial score (nSPS) is 32.8. The van der Waals surface area contributed by atoms with E-state index < -0.39 is 8.07 Å². The second-order valence-corrected chi connectivity index (χ2v) is 11.0. The Morgan fingerprint density at radius 1 is 1.19 bits per heavy atom. The second-order valence-electron chi connectivity index (χ2n) is 6.40. The summed E-state index contributed by atoms with van der Waals surface area (Å²) < 4.78 is 10.9. The largest absolute Gasteiger partial charge is 0.493 e. The summed E-state index contributed by atoms with van der Waals surface area (Å²) >= 11 is 0. The van der Waals surface area contributed by atoms with Crippen LogP contribution >= 0.6 is 0 Å². The summed E-state index contributed by atoms with van der Waals surface area (Å²) in [6.07, 6.45) is 1.75. The number of hydrogen-bond donors (Lipinski definition) is 1. The van der Waals surface area contributed by atoms with Gasteiger partial charge < -0.3 is 19.5 Å². The molecule has 3 rings (SSSR count). The molecule has 0 amide bonds. The molecule has 5 heteroatoms. The van der Waals surface area contributed by atoms with E-state index >= 15 is 0 Å². The molecule has 0 radical (unpaired) electrons. The zero-order valence-corrected chi connectivity index (χ0v) is 14.1. The van der Waals surface area contributed by atoms with Crippen LogP contribution in [0.25, 0.3) is 0 Å². The molecule has 0 bridgehead atoms. The smallest absolute Gasteiger partial charge is 0.160 e. The van der Waals surface area contributed by atoms with Crippen LogP contribution in [0.5, 0.6) is 11.5 Å². The number of benzene rings is 1. The summed E-state index contributed by atoms with van der Waals surface area (Å²) in [5.74, 6) is 1.63. The zero-order chi connectivity index (χ0) is 15.0. The van der Waals surface area contributed by atoms with E-state index in [1.54, 1.807) is 14.2 Å². The first-order valence-electron chi connectivity index (χ1n) is 7.71. The van der Waals surface area contributed by atoms with Crippen LogP contribution in [0.2, 0.25) is 12.1 Å². The minimum absolute atomic E-state index is 0.128. The molecule has 21 heavy (non-hydrogen) atoms. The molecule has 0 saturated carbocycles. The number of hydrogen-bond acceptors (Lipinski definition) is 4. The van der Waals surface area contributed by atoms with Crippen molar-refractivity contribution in [2.24, 2.45) is 0 Å². The third kappa shape index (κ3) is 2.37. The van der Waals surface area contributed by atoms with E-state index in [9.17, 15) is 5.11 Å². The van der Waals surface area contributed by atoms with Crippen molar-refractivity contribution in [3.8, 4) is 11.5 Å². The van der Waals surface area contributed by atoms with Crippen molar-refractivity contribution < 1.29 is 14.6 Å². The van der Waals surface area contributed by atoms with Gasteiger partial charge in [0.2, 0.25) is 0 Å². The summed E-state index contributed by atoms with van der Waals surface area (Å²) in [6.45, 7) is 1.15. The standard InChI is InChI=1S/C16H25NO3Si/c1-17-7-9-21(8-6-12(18)10-16(17)21)13-4-5-14(19-2)15(11-13)20-3/h4-5,11-12,16,18H,6-10H2,1-3H3/t12?,16-,21+/m1/s1. The maximum atomic E-state index is 10.1. The molecule has 0 aliphatic carbocycles. The third-order valence-corrected chi connectivity index (χ3v) is 11.2. The number of fused-ring (bicyclic) bond motifs is 1. The number of nitrogens with zero attached hydrogens (tertiary/aromatic N) is 1. The van der Waals surface area contributed by atoms with Gasteiger partial charge in [0, 0.05) is 5.67 Å². The van der Waals surface area contributed by atoms with Gasteiger partial charge in [-0.3, -0.25) is 0 Å². The number of aliphatic hydroxyl groups is 1. The van der Waals surface area contributed by atoms with Crippen LogP contribution in [0.4, 0.5) is 0 Å². The van der Waals surface area contributed by atoms with Crippen molar-refractivity contribution in [2.45, 2.75) is 36.7 Å². The van der Waals surface area contributed by atoms with Gasteiger partial charge in [0.15, 0.2) is 11.5 Å². The molecule has 1 aromatic rings. The van der Waals surface area contributed by atoms with Gasteiger partial charge >= 0.3 is 0 Å². The maximum absolute atomic E-state index is 10.1. The minimum Gasteiger partial charge on any atom is -0.493 e. The molecule has 2 fully saturated rings. The highest BCUT2D eigenvalue weighted by Gasteiger charge is 2.52. The van der Waals surface area contributed by atoms with E-state index in [0.717, 1.165) is 30.9 Å². The van der Waals surface area contributed by atoms with Crippen LogP contribution in [-0.4, -0.2) is 57.7 Å². The van der Waals surface area contributed by atoms with Crippen molar-refractivity contribution in [1.29, 1.82) is 0 Å². The molecule has 116 valence electrons. The lowest BCUT2D eigenvalue weighted by molar-refractivity contribution is 0.129. The molecule has 3 atom stereocenters. The Bertz CT molecular complexity index is 524. The summed E-state index contributed by atoms with van der Waals surface area (Å²) in [4.78, 5) is 2.46. The highest BCUT2D eigenvalue weighted by molar-refractivity contribution is 6.93. The lowest BCUT2D eigenvalue weighted by atomic mass is 10.2. The zero-order valence-electron chi connectivity index (χ0n) is 13.1. The van der Waals surface area contributed by atoms with Gasteiger partial charge in [-0.2, -0.15) is 0 Å². The fraction of sp³-hybridized carbons (Fsp3) is 0.625. The topological polar surface area (TPSA) is 41.9 Å². The second kappa shape index (κ2) is 5.63. The molecular formula is C16H25NO3Si. The Morgan fingerprint density at radius 2 is 1.95 bits per heavy atom. The van der Waals surface area contributed by atoms with Crippen LogP contribution in [-0.2, 0) is 0 Å². The number of methoxy groups -OCH3 is 2. The quantitative estimate of drug-likeness (QED) is 0.857. The van der Waals surface area contributed by atoms with E-state index in [2.05, 4.69) is 24.1 Å². The third-order valence-electron chi connectivity index (χ3n) is 5.46. The SMILES string of the molecule is COc1ccc([Si@@]23CCC(O)C[C@@H]2N(C)CC3)cc1OC. The molecule has 2 aliphatic heterocycles. The molecule has 0 aromatic heterocycles. The van der Waals surface area contributed by atoms with Crippen LogP contribution in [0.3, 0.4) is 0 Å². The van der Waals surface area contributed by atoms with E-state index in [0.29, 0.717) is 5.67 Å². The highest BCUT2D eigenvalue weighted by atomic mass is 28.3. The first kappa shape index (κ1) is 14.9. The Hall–Kier alpha value is -1.04. The average molecular weight is 307 g/mol. The molecule has 4 nitrogen and oxygen atoms in total. The van der Waals surface area contributed by atoms with Crippen molar-refractivity contribution in [3.05, 3.63) is 18.2 Å². The van der Waals surface area contributed by atoms with Crippen molar-refractivity contribution in [1.82, 2.24) is 4.90 Å². The van der Waals surface area contributed by atoms with Crippen LogP contribution in [0, 0.1) is 0 Å². The predicted molar refractivity (Wildman–Crippen MR) is 86.2 cm³/mol. The number of rotatable bonds is 3. The van der Waals surface area contributed by atoms with Gasteiger partial charge in [0.1, 0.15) is 8.07 Å². The van der Waals surface area contributed by atoms with Crippen molar-refractivity contribution >= 4 is 13.3 Å². The monoisotopic (exact) mass is 307 g/mol. The van der Waals surface area contributed by atoms with Gasteiger partial charge in [-0.25, -0.2) is 0 Å².